The Morgan fingerprint density at radius 1 is 1.15 bits per heavy atom. The number of hydrazine groups is 3. The van der Waals surface area contributed by atoms with Gasteiger partial charge in [0.25, 0.3) is 5.91 Å². The molecule has 142 valence electrons. The molecule has 1 aliphatic carbocycles. The molecule has 8 nitrogen and oxygen atoms in total. The molecule has 3 rings (SSSR count). The number of anilines is 2. The molecule has 1 saturated carbocycles. The van der Waals surface area contributed by atoms with Crippen molar-refractivity contribution in [2.24, 2.45) is 11.8 Å². The Hall–Kier alpha value is -3.10. The van der Waals surface area contributed by atoms with Crippen molar-refractivity contribution in [2.45, 2.75) is 12.8 Å². The van der Waals surface area contributed by atoms with E-state index in [1.165, 1.54) is 25.1 Å². The SMILES string of the molecule is COC(=O)c1cccc(N(N)NNc2ccc(C(=O)NCC3CC3)cc2)c1. The molecule has 5 N–H and O–H groups in total. The molecule has 0 radical (unpaired) electrons. The average Bonchev–Trinajstić information content (AvgIpc) is 3.54. The number of carbonyl (C=O) groups excluding carboxylic acids is 2. The normalized spacial score (nSPS) is 13.0. The van der Waals surface area contributed by atoms with Crippen LogP contribution in [0.2, 0.25) is 0 Å². The number of nitrogens with two attached hydrogens (primary N) is 1. The summed E-state index contributed by atoms with van der Waals surface area (Å²) in [5.41, 5.74) is 8.05. The maximum atomic E-state index is 12.0. The number of nitrogens with zero attached hydrogens (tertiary/aromatic N) is 1. The van der Waals surface area contributed by atoms with Crippen LogP contribution in [0.1, 0.15) is 33.6 Å². The molecule has 1 aliphatic rings. The molecule has 0 aliphatic heterocycles. The number of nitrogens with one attached hydrogen (secondary N) is 3. The number of ether oxygens (including phenoxy) is 1. The highest BCUT2D eigenvalue weighted by atomic mass is 16.5. The van der Waals surface area contributed by atoms with Crippen LogP contribution in [0.4, 0.5) is 11.4 Å². The van der Waals surface area contributed by atoms with E-state index in [-0.39, 0.29) is 5.91 Å². The van der Waals surface area contributed by atoms with Crippen LogP contribution >= 0.6 is 0 Å². The second kappa shape index (κ2) is 8.52. The van der Waals surface area contributed by atoms with Gasteiger partial charge in [0.05, 0.1) is 24.0 Å². The van der Waals surface area contributed by atoms with Crippen LogP contribution in [0.15, 0.2) is 48.5 Å². The Morgan fingerprint density at radius 2 is 1.89 bits per heavy atom. The second-order valence-corrected chi connectivity index (χ2v) is 6.38. The zero-order chi connectivity index (χ0) is 19.2. The molecule has 0 atom stereocenters. The van der Waals surface area contributed by atoms with Gasteiger partial charge in [-0.05, 0) is 61.2 Å². The fourth-order valence-electron chi connectivity index (χ4n) is 2.46. The molecule has 27 heavy (non-hydrogen) atoms. The summed E-state index contributed by atoms with van der Waals surface area (Å²) in [6.07, 6.45) is 2.40. The van der Waals surface area contributed by atoms with E-state index in [0.717, 1.165) is 12.2 Å². The number of amides is 1. The van der Waals surface area contributed by atoms with Gasteiger partial charge in [-0.25, -0.2) is 15.8 Å². The van der Waals surface area contributed by atoms with Crippen LogP contribution in [0.5, 0.6) is 0 Å². The second-order valence-electron chi connectivity index (χ2n) is 6.38. The Balaban J connectivity index is 1.53. The van der Waals surface area contributed by atoms with Gasteiger partial charge in [-0.3, -0.25) is 4.79 Å². The first-order valence-electron chi connectivity index (χ1n) is 8.70. The summed E-state index contributed by atoms with van der Waals surface area (Å²) < 4.78 is 4.70. The first-order chi connectivity index (χ1) is 13.1. The minimum atomic E-state index is -0.436. The Kier molecular flexibility index (Phi) is 5.90. The predicted octanol–water partition coefficient (Wildman–Crippen LogP) is 1.82. The first kappa shape index (κ1) is 18.7. The van der Waals surface area contributed by atoms with E-state index in [1.807, 2.05) is 0 Å². The number of hydrogen-bond donors (Lipinski definition) is 4. The van der Waals surface area contributed by atoms with Crippen molar-refractivity contribution in [1.82, 2.24) is 10.9 Å². The van der Waals surface area contributed by atoms with Crippen LogP contribution < -0.4 is 27.2 Å². The van der Waals surface area contributed by atoms with Crippen LogP contribution in [-0.2, 0) is 4.74 Å². The van der Waals surface area contributed by atoms with E-state index in [0.29, 0.717) is 22.7 Å². The van der Waals surface area contributed by atoms with Gasteiger partial charge in [0, 0.05) is 12.1 Å². The highest BCUT2D eigenvalue weighted by Gasteiger charge is 2.21. The van der Waals surface area contributed by atoms with Crippen molar-refractivity contribution in [2.75, 3.05) is 24.2 Å². The van der Waals surface area contributed by atoms with Crippen LogP contribution in [0, 0.1) is 5.92 Å². The lowest BCUT2D eigenvalue weighted by molar-refractivity contribution is 0.0600. The van der Waals surface area contributed by atoms with E-state index in [4.69, 9.17) is 10.6 Å². The van der Waals surface area contributed by atoms with Crippen LogP contribution in [0.3, 0.4) is 0 Å². The predicted molar refractivity (Wildman–Crippen MR) is 103 cm³/mol. The fourth-order valence-corrected chi connectivity index (χ4v) is 2.46. The van der Waals surface area contributed by atoms with Crippen LogP contribution in [-0.4, -0.2) is 25.5 Å². The van der Waals surface area contributed by atoms with Crippen molar-refractivity contribution < 1.29 is 14.3 Å². The van der Waals surface area contributed by atoms with Crippen molar-refractivity contribution in [1.29, 1.82) is 0 Å². The largest absolute Gasteiger partial charge is 0.465 e. The summed E-state index contributed by atoms with van der Waals surface area (Å²) >= 11 is 0. The first-order valence-corrected chi connectivity index (χ1v) is 8.70. The third-order valence-electron chi connectivity index (χ3n) is 4.26. The molecular formula is C19H23N5O3. The summed E-state index contributed by atoms with van der Waals surface area (Å²) in [6.45, 7) is 0.743. The highest BCUT2D eigenvalue weighted by Crippen LogP contribution is 2.27. The molecule has 0 bridgehead atoms. The van der Waals surface area contributed by atoms with Gasteiger partial charge < -0.3 is 15.5 Å². The summed E-state index contributed by atoms with van der Waals surface area (Å²) in [4.78, 5) is 23.6. The highest BCUT2D eigenvalue weighted by molar-refractivity contribution is 5.94. The number of methoxy groups -OCH3 is 1. The molecule has 1 fully saturated rings. The number of hydrogen-bond acceptors (Lipinski definition) is 7. The molecule has 2 aromatic carbocycles. The minimum absolute atomic E-state index is 0.0681. The monoisotopic (exact) mass is 369 g/mol. The van der Waals surface area contributed by atoms with Crippen LogP contribution in [0.25, 0.3) is 0 Å². The quantitative estimate of drug-likeness (QED) is 0.319. The average molecular weight is 369 g/mol. The van der Waals surface area contributed by atoms with Gasteiger partial charge in [-0.2, -0.15) is 0 Å². The summed E-state index contributed by atoms with van der Waals surface area (Å²) in [5, 5.41) is 4.17. The van der Waals surface area contributed by atoms with Gasteiger partial charge in [-0.15, -0.1) is 5.53 Å². The maximum Gasteiger partial charge on any atom is 0.337 e. The van der Waals surface area contributed by atoms with Crippen molar-refractivity contribution in [3.8, 4) is 0 Å². The zero-order valence-electron chi connectivity index (χ0n) is 15.1. The number of benzene rings is 2. The summed E-state index contributed by atoms with van der Waals surface area (Å²) in [6, 6.07) is 13.7. The molecule has 1 amide bonds. The number of rotatable bonds is 8. The van der Waals surface area contributed by atoms with Crippen molar-refractivity contribution >= 4 is 23.3 Å². The minimum Gasteiger partial charge on any atom is -0.465 e. The van der Waals surface area contributed by atoms with E-state index in [2.05, 4.69) is 16.3 Å². The molecular weight excluding hydrogens is 346 g/mol. The topological polar surface area (TPSA) is 109 Å². The Bertz CT molecular complexity index is 805. The van der Waals surface area contributed by atoms with E-state index < -0.39 is 5.97 Å². The Morgan fingerprint density at radius 3 is 2.56 bits per heavy atom. The number of carbonyl (C=O) groups is 2. The smallest absolute Gasteiger partial charge is 0.337 e. The maximum absolute atomic E-state index is 12.0. The molecule has 8 heteroatoms. The van der Waals surface area contributed by atoms with Gasteiger partial charge in [0.2, 0.25) is 0 Å². The van der Waals surface area contributed by atoms with Crippen molar-refractivity contribution in [3.05, 3.63) is 59.7 Å². The third-order valence-corrected chi connectivity index (χ3v) is 4.26. The van der Waals surface area contributed by atoms with E-state index in [9.17, 15) is 9.59 Å². The lowest BCUT2D eigenvalue weighted by atomic mass is 10.2. The third kappa shape index (κ3) is 5.19. The molecule has 0 saturated heterocycles. The molecule has 0 aromatic heterocycles. The standard InChI is InChI=1S/C19H23N5O3/c1-27-19(26)15-3-2-4-17(11-15)24(20)23-22-16-9-7-14(8-10-16)18(25)21-12-13-5-6-13/h2-4,7-11,13,22-23H,5-6,12,20H2,1H3,(H,21,25). The van der Waals surface area contributed by atoms with Gasteiger partial charge >= 0.3 is 5.97 Å². The number of esters is 1. The van der Waals surface area contributed by atoms with Gasteiger partial charge in [0.15, 0.2) is 0 Å². The van der Waals surface area contributed by atoms with Crippen molar-refractivity contribution in [3.63, 3.8) is 0 Å². The van der Waals surface area contributed by atoms with E-state index >= 15 is 0 Å². The molecule has 2 aromatic rings. The lowest BCUT2D eigenvalue weighted by Crippen LogP contribution is -2.47. The lowest BCUT2D eigenvalue weighted by Gasteiger charge is -2.21. The van der Waals surface area contributed by atoms with Gasteiger partial charge in [-0.1, -0.05) is 6.07 Å². The summed E-state index contributed by atoms with van der Waals surface area (Å²) in [7, 11) is 1.32. The molecule has 0 unspecified atom stereocenters. The summed E-state index contributed by atoms with van der Waals surface area (Å²) in [5.74, 6) is 6.09. The zero-order valence-corrected chi connectivity index (χ0v) is 15.1. The molecule has 0 spiro atoms. The fraction of sp³-hybridized carbons (Fsp3) is 0.263. The Labute approximate surface area is 157 Å². The molecule has 0 heterocycles. The van der Waals surface area contributed by atoms with E-state index in [1.54, 1.807) is 48.5 Å². The van der Waals surface area contributed by atoms with Gasteiger partial charge in [0.1, 0.15) is 0 Å².